The normalized spacial score (nSPS) is 28.4. The van der Waals surface area contributed by atoms with Crippen LogP contribution >= 0.6 is 24.0 Å². The topological polar surface area (TPSA) is 24.1 Å². The molecule has 2 N–H and O–H groups in total. The minimum Gasteiger partial charge on any atom is -0.359 e. The number of hydrogen-bond acceptors (Lipinski definition) is 2. The monoisotopic (exact) mass is 292 g/mol. The van der Waals surface area contributed by atoms with Crippen LogP contribution in [0, 0.1) is 11.8 Å². The molecule has 0 amide bonds. The van der Waals surface area contributed by atoms with Crippen molar-refractivity contribution < 1.29 is 0 Å². The van der Waals surface area contributed by atoms with Gasteiger partial charge >= 0.3 is 0 Å². The second kappa shape index (κ2) is 5.71. The van der Waals surface area contributed by atoms with E-state index < -0.39 is 0 Å². The fourth-order valence-electron chi connectivity index (χ4n) is 3.46. The molecule has 3 unspecified atom stereocenters. The molecule has 1 aromatic carbocycles. The van der Waals surface area contributed by atoms with E-state index >= 15 is 0 Å². The molecule has 2 fully saturated rings. The highest BCUT2D eigenvalue weighted by Gasteiger charge is 2.39. The average Bonchev–Trinajstić information content (AvgIpc) is 3.01. The van der Waals surface area contributed by atoms with E-state index in [1.54, 1.807) is 11.8 Å². The first-order valence-corrected chi connectivity index (χ1v) is 8.59. The molecule has 4 heteroatoms. The third-order valence-electron chi connectivity index (χ3n) is 4.38. The number of thioether (sulfide) groups is 1. The predicted molar refractivity (Wildman–Crippen MR) is 86.8 cm³/mol. The third-order valence-corrected chi connectivity index (χ3v) is 5.33. The number of nitrogens with one attached hydrogen (secondary N) is 2. The summed E-state index contributed by atoms with van der Waals surface area (Å²) in [5.41, 5.74) is 1.08. The highest BCUT2D eigenvalue weighted by molar-refractivity contribution is 7.98. The standard InChI is InChI=1S/C15H20N2S2/c1-19-13-4-2-3-12(9-13)16-15(18)17-14-8-10-5-6-11(14)7-10/h2-4,9-11,14H,5-8H2,1H3,(H2,16,17,18). The van der Waals surface area contributed by atoms with Crippen molar-refractivity contribution in [1.82, 2.24) is 5.32 Å². The second-order valence-corrected chi connectivity index (χ2v) is 6.90. The first kappa shape index (κ1) is 13.3. The zero-order chi connectivity index (χ0) is 13.2. The van der Waals surface area contributed by atoms with Gasteiger partial charge in [0.05, 0.1) is 0 Å². The zero-order valence-corrected chi connectivity index (χ0v) is 12.8. The van der Waals surface area contributed by atoms with Crippen molar-refractivity contribution >= 4 is 34.8 Å². The summed E-state index contributed by atoms with van der Waals surface area (Å²) >= 11 is 7.19. The van der Waals surface area contributed by atoms with Crippen LogP contribution in [0.25, 0.3) is 0 Å². The van der Waals surface area contributed by atoms with Gasteiger partial charge in [-0.15, -0.1) is 11.8 Å². The Labute approximate surface area is 124 Å². The van der Waals surface area contributed by atoms with Crippen LogP contribution in [-0.2, 0) is 0 Å². The second-order valence-electron chi connectivity index (χ2n) is 5.61. The summed E-state index contributed by atoms with van der Waals surface area (Å²) in [7, 11) is 0. The Bertz CT molecular complexity index is 475. The van der Waals surface area contributed by atoms with E-state index in [1.165, 1.54) is 30.6 Å². The Morgan fingerprint density at radius 3 is 2.89 bits per heavy atom. The predicted octanol–water partition coefficient (Wildman–Crippen LogP) is 3.88. The van der Waals surface area contributed by atoms with Gasteiger partial charge in [-0.1, -0.05) is 12.5 Å². The number of fused-ring (bicyclic) bond motifs is 2. The molecule has 2 saturated carbocycles. The fraction of sp³-hybridized carbons (Fsp3) is 0.533. The van der Waals surface area contributed by atoms with Crippen molar-refractivity contribution in [2.75, 3.05) is 11.6 Å². The summed E-state index contributed by atoms with van der Waals surface area (Å²) in [4.78, 5) is 1.26. The molecule has 19 heavy (non-hydrogen) atoms. The van der Waals surface area contributed by atoms with Crippen LogP contribution in [-0.4, -0.2) is 17.4 Å². The van der Waals surface area contributed by atoms with Crippen LogP contribution < -0.4 is 10.6 Å². The van der Waals surface area contributed by atoms with Gasteiger partial charge < -0.3 is 10.6 Å². The number of rotatable bonds is 3. The Hall–Kier alpha value is -0.740. The Balaban J connectivity index is 1.56. The molecule has 0 radical (unpaired) electrons. The van der Waals surface area contributed by atoms with Crippen molar-refractivity contribution in [3.05, 3.63) is 24.3 Å². The number of anilines is 1. The van der Waals surface area contributed by atoms with Gasteiger partial charge in [-0.25, -0.2) is 0 Å². The number of benzene rings is 1. The molecule has 0 aliphatic heterocycles. The van der Waals surface area contributed by atoms with Gasteiger partial charge in [0.2, 0.25) is 0 Å². The molecule has 2 nitrogen and oxygen atoms in total. The van der Waals surface area contributed by atoms with Crippen molar-refractivity contribution in [1.29, 1.82) is 0 Å². The van der Waals surface area contributed by atoms with Crippen LogP contribution in [0.3, 0.4) is 0 Å². The largest absolute Gasteiger partial charge is 0.359 e. The van der Waals surface area contributed by atoms with E-state index in [0.29, 0.717) is 6.04 Å². The van der Waals surface area contributed by atoms with E-state index in [-0.39, 0.29) is 0 Å². The van der Waals surface area contributed by atoms with E-state index in [9.17, 15) is 0 Å². The highest BCUT2D eigenvalue weighted by atomic mass is 32.2. The van der Waals surface area contributed by atoms with Crippen LogP contribution in [0.5, 0.6) is 0 Å². The van der Waals surface area contributed by atoms with E-state index in [0.717, 1.165) is 22.6 Å². The Morgan fingerprint density at radius 1 is 1.32 bits per heavy atom. The molecule has 0 spiro atoms. The lowest BCUT2D eigenvalue weighted by molar-refractivity contribution is 0.392. The maximum atomic E-state index is 5.44. The Kier molecular flexibility index (Phi) is 3.99. The van der Waals surface area contributed by atoms with Crippen LogP contribution in [0.15, 0.2) is 29.2 Å². The summed E-state index contributed by atoms with van der Waals surface area (Å²) in [6, 6.07) is 8.98. The van der Waals surface area contributed by atoms with Crippen molar-refractivity contribution in [2.45, 2.75) is 36.6 Å². The maximum Gasteiger partial charge on any atom is 0.171 e. The summed E-state index contributed by atoms with van der Waals surface area (Å²) in [5, 5.41) is 7.59. The lowest BCUT2D eigenvalue weighted by Crippen LogP contribution is -2.40. The molecule has 1 aromatic rings. The zero-order valence-electron chi connectivity index (χ0n) is 11.2. The Morgan fingerprint density at radius 2 is 2.21 bits per heavy atom. The minimum atomic E-state index is 0.600. The van der Waals surface area contributed by atoms with Crippen LogP contribution in [0.1, 0.15) is 25.7 Å². The van der Waals surface area contributed by atoms with E-state index in [2.05, 4.69) is 41.2 Å². The highest BCUT2D eigenvalue weighted by Crippen LogP contribution is 2.44. The summed E-state index contributed by atoms with van der Waals surface area (Å²) in [6.07, 6.45) is 7.61. The maximum absolute atomic E-state index is 5.44. The average molecular weight is 292 g/mol. The quantitative estimate of drug-likeness (QED) is 0.652. The molecular weight excluding hydrogens is 272 g/mol. The SMILES string of the molecule is CSc1cccc(NC(=S)NC2CC3CCC2C3)c1. The van der Waals surface area contributed by atoms with Gasteiger partial charge in [-0.3, -0.25) is 0 Å². The molecule has 0 saturated heterocycles. The molecule has 0 aromatic heterocycles. The van der Waals surface area contributed by atoms with E-state index in [1.807, 2.05) is 0 Å². The molecule has 0 heterocycles. The fourth-order valence-corrected chi connectivity index (χ4v) is 4.19. The molecule has 2 aliphatic rings. The van der Waals surface area contributed by atoms with Crippen molar-refractivity contribution in [3.8, 4) is 0 Å². The van der Waals surface area contributed by atoms with E-state index in [4.69, 9.17) is 12.2 Å². The van der Waals surface area contributed by atoms with Gasteiger partial charge in [0.15, 0.2) is 5.11 Å². The van der Waals surface area contributed by atoms with Gasteiger partial charge in [-0.2, -0.15) is 0 Å². The summed E-state index contributed by atoms with van der Waals surface area (Å²) in [5.74, 6) is 1.80. The lowest BCUT2D eigenvalue weighted by atomic mass is 9.96. The molecule has 3 rings (SSSR count). The van der Waals surface area contributed by atoms with Crippen LogP contribution in [0.2, 0.25) is 0 Å². The first-order chi connectivity index (χ1) is 9.24. The van der Waals surface area contributed by atoms with Gasteiger partial charge in [0, 0.05) is 16.6 Å². The van der Waals surface area contributed by atoms with Crippen molar-refractivity contribution in [2.24, 2.45) is 11.8 Å². The first-order valence-electron chi connectivity index (χ1n) is 6.96. The number of thiocarbonyl (C=S) groups is 1. The minimum absolute atomic E-state index is 0.600. The molecule has 102 valence electrons. The third kappa shape index (κ3) is 3.06. The smallest absolute Gasteiger partial charge is 0.171 e. The van der Waals surface area contributed by atoms with Crippen LogP contribution in [0.4, 0.5) is 5.69 Å². The van der Waals surface area contributed by atoms with Crippen molar-refractivity contribution in [3.63, 3.8) is 0 Å². The molecular formula is C15H20N2S2. The summed E-state index contributed by atoms with van der Waals surface area (Å²) < 4.78 is 0. The summed E-state index contributed by atoms with van der Waals surface area (Å²) in [6.45, 7) is 0. The van der Waals surface area contributed by atoms with Gasteiger partial charge in [-0.05, 0) is 67.8 Å². The van der Waals surface area contributed by atoms with Gasteiger partial charge in [0.25, 0.3) is 0 Å². The molecule has 3 atom stereocenters. The lowest BCUT2D eigenvalue weighted by Gasteiger charge is -2.24. The molecule has 2 aliphatic carbocycles. The number of hydrogen-bond donors (Lipinski definition) is 2. The molecule has 2 bridgehead atoms. The van der Waals surface area contributed by atoms with Gasteiger partial charge in [0.1, 0.15) is 0 Å².